The van der Waals surface area contributed by atoms with Crippen molar-refractivity contribution < 1.29 is 31.1 Å². The number of alkyl halides is 3. The van der Waals surface area contributed by atoms with Crippen molar-refractivity contribution in [3.8, 4) is 11.7 Å². The first-order valence-corrected chi connectivity index (χ1v) is 17.0. The van der Waals surface area contributed by atoms with Crippen LogP contribution in [0.3, 0.4) is 0 Å². The van der Waals surface area contributed by atoms with Crippen LogP contribution in [0.2, 0.25) is 5.15 Å². The summed E-state index contributed by atoms with van der Waals surface area (Å²) in [4.78, 5) is 21.2. The summed E-state index contributed by atoms with van der Waals surface area (Å²) in [6.07, 6.45) is 0.896. The maximum Gasteiger partial charge on any atom is 0.394 e. The third kappa shape index (κ3) is 8.28. The van der Waals surface area contributed by atoms with E-state index < -0.39 is 27.5 Å². The third-order valence-corrected chi connectivity index (χ3v) is 9.89. The minimum atomic E-state index is -4.33. The zero-order chi connectivity index (χ0) is 33.2. The zero-order valence-corrected chi connectivity index (χ0v) is 27.1. The summed E-state index contributed by atoms with van der Waals surface area (Å²) in [5.41, 5.74) is -1.61. The third-order valence-electron chi connectivity index (χ3n) is 8.37. The molecule has 0 aromatic carbocycles. The molecule has 5 rings (SSSR count). The molecule has 0 spiro atoms. The summed E-state index contributed by atoms with van der Waals surface area (Å²) in [7, 11) is -4.33. The largest absolute Gasteiger partial charge is 0.477 e. The summed E-state index contributed by atoms with van der Waals surface area (Å²) in [5, 5.41) is 10.2. The number of amides is 1. The van der Waals surface area contributed by atoms with Crippen LogP contribution in [0.4, 0.5) is 19.0 Å². The second kappa shape index (κ2) is 13.4. The van der Waals surface area contributed by atoms with Crippen molar-refractivity contribution in [2.75, 3.05) is 25.0 Å². The summed E-state index contributed by atoms with van der Waals surface area (Å²) in [6, 6.07) is 8.71. The van der Waals surface area contributed by atoms with Crippen LogP contribution in [0, 0.1) is 11.3 Å². The van der Waals surface area contributed by atoms with E-state index in [4.69, 9.17) is 16.3 Å². The standard InChI is InChI=1S/C30H37ClF3N7O4S/c1-28(2)18-20(19-36-28)6-4-15-35-22-7-3-8-25(37-22)46(43,44)40-27(42)21-9-10-23(38-26(21)31)41-16-11-24(39-41)45-17-5-12-29(13-14-29)30(32,33)34/h3,7-11,16,20,36H,4-6,12-15,17-19H2,1-2H3,(H,35,37)(H,40,42). The number of aromatic nitrogens is 4. The van der Waals surface area contributed by atoms with E-state index in [0.717, 1.165) is 25.8 Å². The highest BCUT2D eigenvalue weighted by Gasteiger charge is 2.62. The Balaban J connectivity index is 1.12. The monoisotopic (exact) mass is 683 g/mol. The van der Waals surface area contributed by atoms with Gasteiger partial charge in [-0.2, -0.15) is 21.6 Å². The van der Waals surface area contributed by atoms with Gasteiger partial charge >= 0.3 is 6.18 Å². The first-order chi connectivity index (χ1) is 21.7. The van der Waals surface area contributed by atoms with Gasteiger partial charge in [0.1, 0.15) is 11.0 Å². The maximum absolute atomic E-state index is 13.1. The number of hydrogen-bond donors (Lipinski definition) is 3. The van der Waals surface area contributed by atoms with Gasteiger partial charge in [-0.15, -0.1) is 5.10 Å². The molecule has 1 saturated carbocycles. The van der Waals surface area contributed by atoms with Gasteiger partial charge < -0.3 is 15.4 Å². The number of ether oxygens (including phenoxy) is 1. The molecule has 3 N–H and O–H groups in total. The molecule has 1 amide bonds. The quantitative estimate of drug-likeness (QED) is 0.148. The number of pyridine rings is 2. The van der Waals surface area contributed by atoms with Crippen molar-refractivity contribution in [2.24, 2.45) is 11.3 Å². The molecule has 3 aromatic rings. The van der Waals surface area contributed by atoms with E-state index >= 15 is 0 Å². The Labute approximate surface area is 270 Å². The molecule has 46 heavy (non-hydrogen) atoms. The van der Waals surface area contributed by atoms with E-state index in [1.165, 1.54) is 41.2 Å². The molecule has 0 radical (unpaired) electrons. The normalized spacial score (nSPS) is 18.7. The minimum absolute atomic E-state index is 0.00340. The molecule has 1 aliphatic heterocycles. The van der Waals surface area contributed by atoms with E-state index in [9.17, 15) is 26.4 Å². The van der Waals surface area contributed by atoms with Gasteiger partial charge in [0.2, 0.25) is 5.88 Å². The fourth-order valence-electron chi connectivity index (χ4n) is 5.64. The van der Waals surface area contributed by atoms with Crippen LogP contribution in [0.5, 0.6) is 5.88 Å². The van der Waals surface area contributed by atoms with Crippen molar-refractivity contribution in [3.05, 3.63) is 53.3 Å². The summed E-state index contributed by atoms with van der Waals surface area (Å²) < 4.78 is 74.0. The number of nitrogens with zero attached hydrogens (tertiary/aromatic N) is 4. The van der Waals surface area contributed by atoms with Crippen LogP contribution >= 0.6 is 11.6 Å². The Morgan fingerprint density at radius 2 is 1.93 bits per heavy atom. The second-order valence-corrected chi connectivity index (χ2v) is 14.5. The Bertz CT molecular complexity index is 1660. The molecule has 16 heteroatoms. The smallest absolute Gasteiger partial charge is 0.394 e. The van der Waals surface area contributed by atoms with Crippen LogP contribution in [0.1, 0.15) is 69.2 Å². The molecule has 3 aromatic heterocycles. The molecule has 11 nitrogen and oxygen atoms in total. The average Bonchev–Trinajstić information content (AvgIpc) is 3.51. The van der Waals surface area contributed by atoms with Crippen molar-refractivity contribution in [2.45, 2.75) is 75.5 Å². The summed E-state index contributed by atoms with van der Waals surface area (Å²) >= 11 is 6.24. The lowest BCUT2D eigenvalue weighted by Crippen LogP contribution is -2.31. The molecular formula is C30H37ClF3N7O4S. The zero-order valence-electron chi connectivity index (χ0n) is 25.5. The highest BCUT2D eigenvalue weighted by Crippen LogP contribution is 2.60. The maximum atomic E-state index is 13.1. The minimum Gasteiger partial charge on any atom is -0.477 e. The number of halogens is 4. The predicted octanol–water partition coefficient (Wildman–Crippen LogP) is 5.52. The van der Waals surface area contributed by atoms with Crippen molar-refractivity contribution in [1.29, 1.82) is 0 Å². The Kier molecular flexibility index (Phi) is 9.85. The van der Waals surface area contributed by atoms with Gasteiger partial charge in [-0.1, -0.05) is 17.7 Å². The lowest BCUT2D eigenvalue weighted by atomic mass is 9.94. The van der Waals surface area contributed by atoms with Gasteiger partial charge in [-0.25, -0.2) is 19.4 Å². The predicted molar refractivity (Wildman–Crippen MR) is 166 cm³/mol. The molecule has 1 aliphatic carbocycles. The van der Waals surface area contributed by atoms with Crippen LogP contribution in [-0.2, 0) is 10.0 Å². The summed E-state index contributed by atoms with van der Waals surface area (Å²) in [6.45, 7) is 6.06. The van der Waals surface area contributed by atoms with Crippen LogP contribution in [0.15, 0.2) is 47.6 Å². The molecule has 0 bridgehead atoms. The second-order valence-electron chi connectivity index (χ2n) is 12.5. The highest BCUT2D eigenvalue weighted by molar-refractivity contribution is 7.90. The molecular weight excluding hydrogens is 647 g/mol. The Morgan fingerprint density at radius 1 is 1.15 bits per heavy atom. The van der Waals surface area contributed by atoms with Gasteiger partial charge in [-0.05, 0) is 95.5 Å². The van der Waals surface area contributed by atoms with Crippen LogP contribution < -0.4 is 20.1 Å². The number of sulfonamides is 1. The first-order valence-electron chi connectivity index (χ1n) is 15.1. The molecule has 1 unspecified atom stereocenters. The molecule has 2 fully saturated rings. The fourth-order valence-corrected chi connectivity index (χ4v) is 6.81. The summed E-state index contributed by atoms with van der Waals surface area (Å²) in [5.74, 6) is 0.373. The lowest BCUT2D eigenvalue weighted by Gasteiger charge is -2.18. The van der Waals surface area contributed by atoms with Crippen LogP contribution in [0.25, 0.3) is 5.82 Å². The lowest BCUT2D eigenvalue weighted by molar-refractivity contribution is -0.189. The Hall–Kier alpha value is -3.43. The number of hydrogen-bond acceptors (Lipinski definition) is 9. The number of anilines is 1. The van der Waals surface area contributed by atoms with E-state index in [-0.39, 0.29) is 65.3 Å². The SMILES string of the molecule is CC1(C)CC(CCCNc2cccc(S(=O)(=O)NC(=O)c3ccc(-n4ccc(OCCCC5(C(F)(F)F)CC5)n4)nc3Cl)n2)CN1. The number of carbonyl (C=O) groups is 1. The van der Waals surface area contributed by atoms with E-state index in [2.05, 4.69) is 39.5 Å². The molecule has 1 saturated heterocycles. The van der Waals surface area contributed by atoms with E-state index in [1.807, 2.05) is 4.72 Å². The van der Waals surface area contributed by atoms with Gasteiger partial charge in [-0.3, -0.25) is 4.79 Å². The molecule has 250 valence electrons. The van der Waals surface area contributed by atoms with Gasteiger partial charge in [0.25, 0.3) is 15.9 Å². The Morgan fingerprint density at radius 3 is 2.61 bits per heavy atom. The van der Waals surface area contributed by atoms with Crippen molar-refractivity contribution in [3.63, 3.8) is 0 Å². The number of rotatable bonds is 14. The van der Waals surface area contributed by atoms with E-state index in [1.54, 1.807) is 6.07 Å². The van der Waals surface area contributed by atoms with Crippen molar-refractivity contribution in [1.82, 2.24) is 29.8 Å². The molecule has 4 heterocycles. The van der Waals surface area contributed by atoms with E-state index in [0.29, 0.717) is 18.3 Å². The fraction of sp³-hybridized carbons (Fsp3) is 0.533. The highest BCUT2D eigenvalue weighted by atomic mass is 35.5. The topological polar surface area (TPSA) is 140 Å². The van der Waals surface area contributed by atoms with Gasteiger partial charge in [0.15, 0.2) is 10.8 Å². The molecule has 1 atom stereocenters. The van der Waals surface area contributed by atoms with Gasteiger partial charge in [0.05, 0.1) is 17.6 Å². The first kappa shape index (κ1) is 33.9. The van der Waals surface area contributed by atoms with Crippen LogP contribution in [-0.4, -0.2) is 65.5 Å². The van der Waals surface area contributed by atoms with Crippen molar-refractivity contribution >= 4 is 33.3 Å². The van der Waals surface area contributed by atoms with Gasteiger partial charge in [0, 0.05) is 24.3 Å². The number of carbonyl (C=O) groups excluding carboxylic acids is 1. The molecule has 2 aliphatic rings. The average molecular weight is 684 g/mol. The number of nitrogens with one attached hydrogen (secondary N) is 3.